The van der Waals surface area contributed by atoms with E-state index in [1.165, 1.54) is 5.56 Å². The van der Waals surface area contributed by atoms with Gasteiger partial charge in [0, 0.05) is 16.4 Å². The van der Waals surface area contributed by atoms with Crippen molar-refractivity contribution >= 4 is 10.9 Å². The van der Waals surface area contributed by atoms with E-state index in [-0.39, 0.29) is 12.0 Å². The predicted octanol–water partition coefficient (Wildman–Crippen LogP) is 4.73. The van der Waals surface area contributed by atoms with Gasteiger partial charge in [0.25, 0.3) is 0 Å². The van der Waals surface area contributed by atoms with Crippen molar-refractivity contribution < 1.29 is 17.9 Å². The minimum absolute atomic E-state index is 0.101. The first-order valence-electron chi connectivity index (χ1n) is 9.78. The molecule has 3 aromatic rings. The highest BCUT2D eigenvalue weighted by Gasteiger charge is 2.35. The first kappa shape index (κ1) is 19.9. The second-order valence-electron chi connectivity index (χ2n) is 7.75. The minimum Gasteiger partial charge on any atom is -0.376 e. The van der Waals surface area contributed by atoms with Crippen molar-refractivity contribution in [3.05, 3.63) is 64.8 Å². The Bertz CT molecular complexity index is 976. The average molecular weight is 403 g/mol. The minimum atomic E-state index is -4.41. The second-order valence-corrected chi connectivity index (χ2v) is 7.75. The van der Waals surface area contributed by atoms with Crippen LogP contribution in [0.3, 0.4) is 0 Å². The molecule has 0 saturated carbocycles. The van der Waals surface area contributed by atoms with E-state index in [1.807, 2.05) is 18.2 Å². The molecule has 29 heavy (non-hydrogen) atoms. The fourth-order valence-electron chi connectivity index (χ4n) is 4.17. The normalized spacial score (nSPS) is 17.0. The summed E-state index contributed by atoms with van der Waals surface area (Å²) in [6, 6.07) is 12.5. The number of H-pyrrole nitrogens is 1. The fraction of sp³-hybridized carbons (Fsp3) is 0.409. The molecule has 0 atom stereocenters. The average Bonchev–Trinajstić information content (AvgIpc) is 3.10. The summed E-state index contributed by atoms with van der Waals surface area (Å²) in [7, 11) is 0. The molecule has 4 nitrogen and oxygen atoms in total. The van der Waals surface area contributed by atoms with Gasteiger partial charge in [0.05, 0.1) is 30.0 Å². The van der Waals surface area contributed by atoms with Gasteiger partial charge in [-0.3, -0.25) is 5.10 Å². The van der Waals surface area contributed by atoms with Crippen molar-refractivity contribution in [2.45, 2.75) is 38.0 Å². The van der Waals surface area contributed by atoms with Crippen molar-refractivity contribution in [1.29, 1.82) is 0 Å². The Balaban J connectivity index is 1.59. The summed E-state index contributed by atoms with van der Waals surface area (Å²) >= 11 is 0. The third-order valence-electron chi connectivity index (χ3n) is 5.86. The fourth-order valence-corrected chi connectivity index (χ4v) is 4.17. The van der Waals surface area contributed by atoms with Gasteiger partial charge in [-0.15, -0.1) is 0 Å². The lowest BCUT2D eigenvalue weighted by molar-refractivity contribution is -0.137. The van der Waals surface area contributed by atoms with E-state index in [0.717, 1.165) is 38.1 Å². The van der Waals surface area contributed by atoms with E-state index in [1.54, 1.807) is 6.92 Å². The highest BCUT2D eigenvalue weighted by Crippen LogP contribution is 2.36. The molecule has 0 radical (unpaired) electrons. The number of halogens is 3. The largest absolute Gasteiger partial charge is 0.416 e. The van der Waals surface area contributed by atoms with E-state index in [9.17, 15) is 13.2 Å². The van der Waals surface area contributed by atoms with Crippen molar-refractivity contribution in [2.24, 2.45) is 0 Å². The molecule has 0 unspecified atom stereocenters. The predicted molar refractivity (Wildman–Crippen MR) is 106 cm³/mol. The Labute approximate surface area is 167 Å². The highest BCUT2D eigenvalue weighted by molar-refractivity contribution is 5.85. The van der Waals surface area contributed by atoms with E-state index < -0.39 is 11.7 Å². The molecule has 2 heterocycles. The summed E-state index contributed by atoms with van der Waals surface area (Å²) in [6.45, 7) is 4.05. The molecular formula is C22H24F3N3O. The van der Waals surface area contributed by atoms with Crippen molar-refractivity contribution in [2.75, 3.05) is 19.7 Å². The number of alkyl halides is 3. The zero-order valence-corrected chi connectivity index (χ0v) is 16.3. The van der Waals surface area contributed by atoms with Crippen LogP contribution in [-0.4, -0.2) is 29.9 Å². The molecule has 7 heteroatoms. The number of nitrogens with one attached hydrogen (secondary N) is 2. The van der Waals surface area contributed by atoms with Gasteiger partial charge >= 0.3 is 6.18 Å². The number of rotatable bonds is 5. The number of benzene rings is 2. The van der Waals surface area contributed by atoms with Crippen molar-refractivity contribution in [3.8, 4) is 0 Å². The molecule has 0 bridgehead atoms. The lowest BCUT2D eigenvalue weighted by Crippen LogP contribution is -2.43. The molecule has 1 aliphatic heterocycles. The summed E-state index contributed by atoms with van der Waals surface area (Å²) in [4.78, 5) is 0. The number of nitrogens with zero attached hydrogens (tertiary/aromatic N) is 1. The van der Waals surface area contributed by atoms with Gasteiger partial charge in [0.15, 0.2) is 0 Å². The first-order valence-corrected chi connectivity index (χ1v) is 9.78. The SMILES string of the molecule is Cc1n[nH]c2c(COCC3(c4ccccc4)CCNCC3)cc(C(F)(F)F)cc12. The quantitative estimate of drug-likeness (QED) is 0.648. The van der Waals surface area contributed by atoms with Crippen LogP contribution in [-0.2, 0) is 22.9 Å². The van der Waals surface area contributed by atoms with Crippen LogP contribution in [0, 0.1) is 6.92 Å². The van der Waals surface area contributed by atoms with E-state index in [2.05, 4.69) is 27.6 Å². The molecule has 1 aromatic heterocycles. The molecule has 0 amide bonds. The lowest BCUT2D eigenvalue weighted by atomic mass is 9.74. The Hall–Kier alpha value is -2.38. The van der Waals surface area contributed by atoms with Crippen LogP contribution in [0.2, 0.25) is 0 Å². The number of aryl methyl sites for hydroxylation is 1. The maximum Gasteiger partial charge on any atom is 0.416 e. The van der Waals surface area contributed by atoms with Gasteiger partial charge in [0.1, 0.15) is 0 Å². The third-order valence-corrected chi connectivity index (χ3v) is 5.86. The number of hydrogen-bond donors (Lipinski definition) is 2. The Morgan fingerprint density at radius 3 is 2.52 bits per heavy atom. The maximum atomic E-state index is 13.4. The van der Waals surface area contributed by atoms with Crippen LogP contribution >= 0.6 is 0 Å². The van der Waals surface area contributed by atoms with Crippen molar-refractivity contribution in [3.63, 3.8) is 0 Å². The monoisotopic (exact) mass is 403 g/mol. The zero-order valence-electron chi connectivity index (χ0n) is 16.3. The van der Waals surface area contributed by atoms with Crippen LogP contribution in [0.25, 0.3) is 10.9 Å². The molecule has 1 fully saturated rings. The number of ether oxygens (including phenoxy) is 1. The van der Waals surface area contributed by atoms with Crippen LogP contribution in [0.5, 0.6) is 0 Å². The summed E-state index contributed by atoms with van der Waals surface area (Å²) in [6.07, 6.45) is -2.55. The molecule has 1 saturated heterocycles. The number of piperidine rings is 1. The molecule has 154 valence electrons. The summed E-state index contributed by atoms with van der Waals surface area (Å²) in [5, 5.41) is 10.8. The van der Waals surface area contributed by atoms with Crippen molar-refractivity contribution in [1.82, 2.24) is 15.5 Å². The number of aromatic nitrogens is 2. The maximum absolute atomic E-state index is 13.4. The van der Waals surface area contributed by atoms with Gasteiger partial charge < -0.3 is 10.1 Å². The van der Waals surface area contributed by atoms with E-state index in [0.29, 0.717) is 28.8 Å². The first-order chi connectivity index (χ1) is 13.9. The van der Waals surface area contributed by atoms with Gasteiger partial charge in [-0.05, 0) is 50.6 Å². The van der Waals surface area contributed by atoms with Crippen LogP contribution in [0.1, 0.15) is 35.2 Å². The van der Waals surface area contributed by atoms with Crippen LogP contribution < -0.4 is 5.32 Å². The number of hydrogen-bond acceptors (Lipinski definition) is 3. The molecule has 0 aliphatic carbocycles. The number of aromatic amines is 1. The zero-order chi connectivity index (χ0) is 20.5. The topological polar surface area (TPSA) is 49.9 Å². The molecule has 2 aromatic carbocycles. The van der Waals surface area contributed by atoms with E-state index in [4.69, 9.17) is 4.74 Å². The van der Waals surface area contributed by atoms with Gasteiger partial charge in [-0.25, -0.2) is 0 Å². The molecule has 2 N–H and O–H groups in total. The molecule has 1 aliphatic rings. The van der Waals surface area contributed by atoms with E-state index >= 15 is 0 Å². The van der Waals surface area contributed by atoms with Crippen LogP contribution in [0.15, 0.2) is 42.5 Å². The number of fused-ring (bicyclic) bond motifs is 1. The van der Waals surface area contributed by atoms with Gasteiger partial charge in [-0.2, -0.15) is 18.3 Å². The van der Waals surface area contributed by atoms with Gasteiger partial charge in [0.2, 0.25) is 0 Å². The summed E-state index contributed by atoms with van der Waals surface area (Å²) in [5.74, 6) is 0. The van der Waals surface area contributed by atoms with Crippen LogP contribution in [0.4, 0.5) is 13.2 Å². The molecule has 0 spiro atoms. The van der Waals surface area contributed by atoms with Gasteiger partial charge in [-0.1, -0.05) is 30.3 Å². The standard InChI is InChI=1S/C22H24F3N3O/c1-15-19-12-18(22(23,24)25)11-16(20(19)28-27-15)13-29-14-21(7-9-26-10-8-21)17-5-3-2-4-6-17/h2-6,11-12,26H,7-10,13-14H2,1H3,(H,27,28). The lowest BCUT2D eigenvalue weighted by Gasteiger charge is -2.38. The smallest absolute Gasteiger partial charge is 0.376 e. The Morgan fingerprint density at radius 2 is 1.83 bits per heavy atom. The highest BCUT2D eigenvalue weighted by atomic mass is 19.4. The molecule has 4 rings (SSSR count). The molecular weight excluding hydrogens is 379 g/mol. The summed E-state index contributed by atoms with van der Waals surface area (Å²) < 4.78 is 46.1. The Kier molecular flexibility index (Phi) is 5.36. The third kappa shape index (κ3) is 4.02. The second kappa shape index (κ2) is 7.80. The summed E-state index contributed by atoms with van der Waals surface area (Å²) in [5.41, 5.74) is 2.05. The Morgan fingerprint density at radius 1 is 1.10 bits per heavy atom.